The van der Waals surface area contributed by atoms with Gasteiger partial charge < -0.3 is 44.6 Å². The molecule has 0 unspecified atom stereocenters. The number of rotatable bonds is 11. The number of nitrogens with zero attached hydrogens (tertiary/aromatic N) is 4. The van der Waals surface area contributed by atoms with E-state index in [1.165, 1.54) is 25.3 Å². The van der Waals surface area contributed by atoms with Gasteiger partial charge >= 0.3 is 12.2 Å². The van der Waals surface area contributed by atoms with Gasteiger partial charge in [-0.2, -0.15) is 0 Å². The van der Waals surface area contributed by atoms with Gasteiger partial charge in [0.25, 0.3) is 0 Å². The summed E-state index contributed by atoms with van der Waals surface area (Å²) in [5, 5.41) is 7.79. The number of methoxy groups -OCH3 is 2. The van der Waals surface area contributed by atoms with Crippen LogP contribution in [0.15, 0.2) is 48.5 Å². The second-order valence-electron chi connectivity index (χ2n) is 18.2. The van der Waals surface area contributed by atoms with Crippen LogP contribution in [0.25, 0.3) is 32.8 Å². The van der Waals surface area contributed by atoms with Crippen LogP contribution >= 0.6 is 0 Å². The molecule has 2 aromatic heterocycles. The molecular weight excluding hydrogens is 777 g/mol. The molecule has 0 radical (unpaired) electrons. The molecule has 3 aromatic carbocycles. The van der Waals surface area contributed by atoms with Crippen LogP contribution in [0.4, 0.5) is 9.59 Å². The number of piperidine rings is 2. The number of aromatic nitrogens is 4. The lowest BCUT2D eigenvalue weighted by molar-refractivity contribution is -0.138. The smallest absolute Gasteiger partial charge is 0.407 e. The average molecular weight is 831 g/mol. The number of alkyl carbamates (subject to hydrolysis) is 2. The molecule has 5 heterocycles. The minimum absolute atomic E-state index is 0.0197. The molecule has 3 aliphatic heterocycles. The van der Waals surface area contributed by atoms with Crippen LogP contribution in [0.2, 0.25) is 0 Å². The summed E-state index contributed by atoms with van der Waals surface area (Å²) < 4.78 is 15.3. The number of carbonyl (C=O) groups is 4. The van der Waals surface area contributed by atoms with Crippen LogP contribution in [0, 0.1) is 23.7 Å². The van der Waals surface area contributed by atoms with Gasteiger partial charge in [0.05, 0.1) is 48.4 Å². The molecule has 2 saturated carbocycles. The third kappa shape index (κ3) is 7.33. The third-order valence-corrected chi connectivity index (χ3v) is 14.0. The van der Waals surface area contributed by atoms with Gasteiger partial charge in [-0.15, -0.1) is 0 Å². The molecule has 2 aliphatic carbocycles. The third-order valence-electron chi connectivity index (χ3n) is 14.0. The predicted molar refractivity (Wildman–Crippen MR) is 226 cm³/mol. The molecule has 5 fully saturated rings. The Bertz CT molecular complexity index is 2530. The van der Waals surface area contributed by atoms with Crippen molar-refractivity contribution in [2.75, 3.05) is 27.4 Å². The summed E-state index contributed by atoms with van der Waals surface area (Å²) in [4.78, 5) is 73.9. The van der Waals surface area contributed by atoms with Crippen LogP contribution < -0.4 is 10.6 Å². The molecule has 8 atom stereocenters. The van der Waals surface area contributed by atoms with E-state index in [4.69, 9.17) is 24.2 Å². The number of carbonyl (C=O) groups excluding carboxylic acids is 4. The van der Waals surface area contributed by atoms with E-state index in [0.29, 0.717) is 37.9 Å². The Morgan fingerprint density at radius 3 is 2.07 bits per heavy atom. The molecule has 4 N–H and O–H groups in total. The normalized spacial score (nSPS) is 25.4. The maximum atomic E-state index is 14.3. The van der Waals surface area contributed by atoms with Gasteiger partial charge in [-0.1, -0.05) is 44.2 Å². The van der Waals surface area contributed by atoms with E-state index in [0.717, 1.165) is 83.0 Å². The molecule has 0 bridgehead atoms. The quantitative estimate of drug-likeness (QED) is 0.120. The Labute approximate surface area is 353 Å². The van der Waals surface area contributed by atoms with E-state index < -0.39 is 24.3 Å². The van der Waals surface area contributed by atoms with E-state index in [2.05, 4.69) is 69.1 Å². The number of benzene rings is 3. The fraction of sp³-hybridized carbons (Fsp3) is 0.522. The lowest BCUT2D eigenvalue weighted by Crippen LogP contribution is -2.54. The number of fused-ring (bicyclic) bond motifs is 6. The molecule has 15 nitrogen and oxygen atoms in total. The highest BCUT2D eigenvalue weighted by atomic mass is 16.5. The van der Waals surface area contributed by atoms with Crippen molar-refractivity contribution in [3.63, 3.8) is 0 Å². The number of hydrogen-bond donors (Lipinski definition) is 4. The van der Waals surface area contributed by atoms with Gasteiger partial charge in [0.2, 0.25) is 11.8 Å². The average Bonchev–Trinajstić information content (AvgIpc) is 3.93. The summed E-state index contributed by atoms with van der Waals surface area (Å²) in [6, 6.07) is 15.8. The number of aromatic amines is 2. The van der Waals surface area contributed by atoms with Crippen molar-refractivity contribution < 1.29 is 33.4 Å². The molecule has 5 aromatic rings. The maximum absolute atomic E-state index is 14.3. The molecule has 3 saturated heterocycles. The van der Waals surface area contributed by atoms with E-state index >= 15 is 0 Å². The Balaban J connectivity index is 0.837. The van der Waals surface area contributed by atoms with E-state index in [1.807, 2.05) is 23.6 Å². The van der Waals surface area contributed by atoms with Crippen molar-refractivity contribution in [1.82, 2.24) is 40.4 Å². The second kappa shape index (κ2) is 15.6. The Morgan fingerprint density at radius 2 is 1.38 bits per heavy atom. The van der Waals surface area contributed by atoms with Gasteiger partial charge in [-0.25, -0.2) is 19.6 Å². The van der Waals surface area contributed by atoms with Gasteiger partial charge in [0.15, 0.2) is 0 Å². The highest BCUT2D eigenvalue weighted by molar-refractivity contribution is 6.04. The summed E-state index contributed by atoms with van der Waals surface area (Å²) in [5.74, 6) is 2.19. The van der Waals surface area contributed by atoms with Gasteiger partial charge in [0.1, 0.15) is 23.7 Å². The van der Waals surface area contributed by atoms with E-state index in [1.54, 1.807) is 0 Å². The number of amides is 4. The highest BCUT2D eigenvalue weighted by Crippen LogP contribution is 2.55. The number of imidazole rings is 2. The second-order valence-corrected chi connectivity index (χ2v) is 18.2. The van der Waals surface area contributed by atoms with Crippen LogP contribution in [-0.4, -0.2) is 105 Å². The summed E-state index contributed by atoms with van der Waals surface area (Å²) in [6.07, 6.45) is 5.55. The zero-order valence-electron chi connectivity index (χ0n) is 35.1. The SMILES string of the molecule is COC(=O)N[C@@H](C(=O)N1[C@@H]2C[C@@H]2C[C@H]1c1nc2ccc(CCc3ccc4c(ccc5[nH]c([C@@H]6C[C@H]7C[C@H]7N6C(=O)[C@H](NC(=O)OC)C6CCOCC6)nc54)c3)cc2[nH]1)C(C)C. The lowest BCUT2D eigenvalue weighted by atomic mass is 9.90. The predicted octanol–water partition coefficient (Wildman–Crippen LogP) is 6.23. The molecule has 0 spiro atoms. The van der Waals surface area contributed by atoms with Crippen LogP contribution in [0.5, 0.6) is 0 Å². The first-order chi connectivity index (χ1) is 29.6. The van der Waals surface area contributed by atoms with Gasteiger partial charge in [-0.3, -0.25) is 9.59 Å². The highest BCUT2D eigenvalue weighted by Gasteiger charge is 2.57. The first-order valence-corrected chi connectivity index (χ1v) is 21.9. The number of hydrogen-bond acceptors (Lipinski definition) is 9. The van der Waals surface area contributed by atoms with Crippen molar-refractivity contribution in [2.45, 2.75) is 101 Å². The van der Waals surface area contributed by atoms with Crippen LogP contribution in [0.1, 0.15) is 87.2 Å². The lowest BCUT2D eigenvalue weighted by Gasteiger charge is -2.35. The standard InChI is InChI=1S/C46H54N8O7/c1-23(2)38(51-45(57)59-3)43(55)53-34-19-28(34)21-36(53)41-47-31-11-8-25(18-33(31)49-41)6-5-24-7-10-30-27(17-24)9-12-32-40(30)50-42(48-32)37-22-29-20-35(29)54(37)44(56)39(52-46(58)60-4)26-13-15-61-16-14-26/h7-12,17-18,23,26,28-29,34-39H,5-6,13-16,19-22H2,1-4H3,(H,47,49)(H,48,50)(H,51,57)(H,52,58)/t28-,29-,34-,35-,36+,37+,38-,39-/m1/s1. The first kappa shape index (κ1) is 39.4. The zero-order chi connectivity index (χ0) is 42.1. The topological polar surface area (TPSA) is 184 Å². The Morgan fingerprint density at radius 1 is 0.754 bits per heavy atom. The summed E-state index contributed by atoms with van der Waals surface area (Å²) in [5.41, 5.74) is 6.05. The van der Waals surface area contributed by atoms with E-state index in [-0.39, 0.29) is 47.8 Å². The monoisotopic (exact) mass is 830 g/mol. The number of ether oxygens (including phenoxy) is 3. The zero-order valence-corrected chi connectivity index (χ0v) is 35.1. The van der Waals surface area contributed by atoms with Crippen molar-refractivity contribution >= 4 is 56.8 Å². The minimum atomic E-state index is -0.673. The van der Waals surface area contributed by atoms with Crippen molar-refractivity contribution in [2.24, 2.45) is 23.7 Å². The maximum Gasteiger partial charge on any atom is 0.407 e. The molecule has 10 rings (SSSR count). The Kier molecular flexibility index (Phi) is 10.1. The van der Waals surface area contributed by atoms with Gasteiger partial charge in [0, 0.05) is 30.7 Å². The van der Waals surface area contributed by atoms with Gasteiger partial charge in [-0.05, 0) is 110 Å². The van der Waals surface area contributed by atoms with Crippen LogP contribution in [-0.2, 0) is 36.6 Å². The number of likely N-dealkylation sites (tertiary alicyclic amines) is 2. The fourth-order valence-electron chi connectivity index (χ4n) is 10.5. The summed E-state index contributed by atoms with van der Waals surface area (Å²) >= 11 is 0. The molecule has 15 heteroatoms. The van der Waals surface area contributed by atoms with Crippen LogP contribution in [0.3, 0.4) is 0 Å². The van der Waals surface area contributed by atoms with Crippen molar-refractivity contribution in [1.29, 1.82) is 0 Å². The summed E-state index contributed by atoms with van der Waals surface area (Å²) in [7, 11) is 2.63. The number of aryl methyl sites for hydroxylation is 2. The molecule has 61 heavy (non-hydrogen) atoms. The molecule has 320 valence electrons. The molecule has 5 aliphatic rings. The number of H-pyrrole nitrogens is 2. The molecular formula is C46H54N8O7. The minimum Gasteiger partial charge on any atom is -0.453 e. The van der Waals surface area contributed by atoms with Crippen molar-refractivity contribution in [3.8, 4) is 0 Å². The Hall–Kier alpha value is -5.70. The van der Waals surface area contributed by atoms with E-state index in [9.17, 15) is 19.2 Å². The summed E-state index contributed by atoms with van der Waals surface area (Å²) in [6.45, 7) is 5.00. The van der Waals surface area contributed by atoms with Crippen molar-refractivity contribution in [3.05, 3.63) is 71.3 Å². The first-order valence-electron chi connectivity index (χ1n) is 21.9. The molecule has 4 amide bonds. The number of nitrogens with one attached hydrogen (secondary N) is 4. The fourth-order valence-corrected chi connectivity index (χ4v) is 10.5. The largest absolute Gasteiger partial charge is 0.453 e.